The number of aromatic nitrogens is 5. The Morgan fingerprint density at radius 3 is 2.51 bits per heavy atom. The molecule has 0 aliphatic heterocycles. The van der Waals surface area contributed by atoms with Crippen molar-refractivity contribution in [1.29, 1.82) is 0 Å². The summed E-state index contributed by atoms with van der Waals surface area (Å²) >= 11 is 0. The molecule has 5 aromatic rings. The van der Waals surface area contributed by atoms with Gasteiger partial charge >= 0.3 is 0 Å². The van der Waals surface area contributed by atoms with Crippen molar-refractivity contribution in [1.82, 2.24) is 30.0 Å². The first-order chi connectivity index (χ1) is 17.9. The number of fused-ring (bicyclic) bond motifs is 1. The van der Waals surface area contributed by atoms with E-state index in [2.05, 4.69) is 31.2 Å². The molecule has 0 saturated heterocycles. The smallest absolute Gasteiger partial charge is 0.256 e. The number of H-pyrrole nitrogens is 1. The van der Waals surface area contributed by atoms with Crippen LogP contribution in [0.1, 0.15) is 52.5 Å². The minimum absolute atomic E-state index is 0.117. The number of rotatable bonds is 6. The lowest BCUT2D eigenvalue weighted by atomic mass is 9.61. The van der Waals surface area contributed by atoms with Crippen molar-refractivity contribution in [3.8, 4) is 11.4 Å². The number of nitrogens with two attached hydrogens (primary N) is 1. The number of para-hydroxylation sites is 1. The van der Waals surface area contributed by atoms with Crippen molar-refractivity contribution >= 4 is 22.5 Å². The van der Waals surface area contributed by atoms with E-state index in [-0.39, 0.29) is 17.9 Å². The molecule has 1 aliphatic rings. The van der Waals surface area contributed by atoms with Crippen LogP contribution in [0.25, 0.3) is 22.3 Å². The van der Waals surface area contributed by atoms with Gasteiger partial charge in [0.05, 0.1) is 17.6 Å². The number of aryl methyl sites for hydroxylation is 1. The second-order valence-electron chi connectivity index (χ2n) is 9.66. The molecule has 1 aliphatic carbocycles. The monoisotopic (exact) mass is 493 g/mol. The topological polar surface area (TPSA) is 127 Å². The molecule has 3 aromatic heterocycles. The first-order valence-electron chi connectivity index (χ1n) is 12.3. The quantitative estimate of drug-likeness (QED) is 0.330. The van der Waals surface area contributed by atoms with Crippen molar-refractivity contribution in [3.05, 3.63) is 89.5 Å². The maximum absolute atomic E-state index is 13.4. The number of nitrogens with one attached hydrogen (secondary N) is 1. The van der Waals surface area contributed by atoms with Gasteiger partial charge in [0.25, 0.3) is 5.91 Å². The Labute approximate surface area is 213 Å². The molecule has 1 amide bonds. The molecule has 186 valence electrons. The normalized spacial score (nSPS) is 14.4. The Bertz CT molecular complexity index is 1580. The van der Waals surface area contributed by atoms with Crippen molar-refractivity contribution < 1.29 is 9.21 Å². The Morgan fingerprint density at radius 2 is 1.86 bits per heavy atom. The minimum atomic E-state index is -0.188. The van der Waals surface area contributed by atoms with Gasteiger partial charge in [0.15, 0.2) is 5.82 Å². The van der Waals surface area contributed by atoms with Crippen molar-refractivity contribution in [2.24, 2.45) is 0 Å². The number of carbonyl (C=O) groups is 1. The van der Waals surface area contributed by atoms with Gasteiger partial charge in [0, 0.05) is 54.6 Å². The summed E-state index contributed by atoms with van der Waals surface area (Å²) in [6, 6.07) is 13.4. The van der Waals surface area contributed by atoms with Crippen LogP contribution in [0, 0.1) is 6.92 Å². The van der Waals surface area contributed by atoms with Crippen molar-refractivity contribution in [2.75, 3.05) is 12.8 Å². The summed E-state index contributed by atoms with van der Waals surface area (Å²) < 4.78 is 5.45. The van der Waals surface area contributed by atoms with Crippen molar-refractivity contribution in [3.63, 3.8) is 0 Å². The van der Waals surface area contributed by atoms with Gasteiger partial charge in [0.2, 0.25) is 11.8 Å². The highest BCUT2D eigenvalue weighted by atomic mass is 16.4. The van der Waals surface area contributed by atoms with E-state index in [1.807, 2.05) is 55.0 Å². The Kier molecular flexibility index (Phi) is 5.48. The zero-order valence-electron chi connectivity index (χ0n) is 20.7. The van der Waals surface area contributed by atoms with Crippen LogP contribution >= 0.6 is 0 Å². The number of nitrogen functional groups attached to an aromatic ring is 1. The average molecular weight is 494 g/mol. The first kappa shape index (κ1) is 22.9. The largest absolute Gasteiger partial charge is 0.424 e. The molecule has 1 fully saturated rings. The molecule has 9 heteroatoms. The average Bonchev–Trinajstić information content (AvgIpc) is 3.50. The zero-order valence-corrected chi connectivity index (χ0v) is 20.7. The predicted octanol–water partition coefficient (Wildman–Crippen LogP) is 4.64. The fourth-order valence-electron chi connectivity index (χ4n) is 5.21. The van der Waals surface area contributed by atoms with Crippen LogP contribution in [-0.4, -0.2) is 43.0 Å². The maximum atomic E-state index is 13.4. The van der Waals surface area contributed by atoms with Crippen LogP contribution in [0.4, 0.5) is 5.69 Å². The number of benzene rings is 2. The summed E-state index contributed by atoms with van der Waals surface area (Å²) in [5.74, 6) is 1.44. The number of nitrogens with zero attached hydrogens (tertiary/aromatic N) is 5. The van der Waals surface area contributed by atoms with Crippen LogP contribution in [0.3, 0.4) is 0 Å². The molecule has 3 N–H and O–H groups in total. The zero-order chi connectivity index (χ0) is 25.6. The standard InChI is InChI=1S/C28H27N7O2/c1-17-33-34-24(37-17)16-35(2)27(36)22-6-3-5-21-23(15-30-25(21)22)28(11-4-12-28)19-13-31-26(32-14-19)18-7-9-20(29)10-8-18/h3,5-10,13-15,30H,4,11-12,16,29H2,1-2H3. The molecule has 0 bridgehead atoms. The van der Waals surface area contributed by atoms with Crippen LogP contribution < -0.4 is 5.73 Å². The summed E-state index contributed by atoms with van der Waals surface area (Å²) in [7, 11) is 1.73. The van der Waals surface area contributed by atoms with E-state index in [4.69, 9.17) is 10.2 Å². The first-order valence-corrected chi connectivity index (χ1v) is 12.3. The van der Waals surface area contributed by atoms with Crippen molar-refractivity contribution in [2.45, 2.75) is 38.1 Å². The lowest BCUT2D eigenvalue weighted by Crippen LogP contribution is -2.35. The molecule has 2 aromatic carbocycles. The van der Waals surface area contributed by atoms with E-state index in [0.717, 1.165) is 41.3 Å². The lowest BCUT2D eigenvalue weighted by Gasteiger charge is -2.42. The molecular formula is C28H27N7O2. The number of aromatic amines is 1. The highest BCUT2D eigenvalue weighted by Gasteiger charge is 2.42. The number of hydrogen-bond donors (Lipinski definition) is 2. The fourth-order valence-corrected chi connectivity index (χ4v) is 5.21. The van der Waals surface area contributed by atoms with E-state index in [1.165, 1.54) is 5.56 Å². The third-order valence-corrected chi connectivity index (χ3v) is 7.33. The molecule has 9 nitrogen and oxygen atoms in total. The fraction of sp³-hybridized carbons (Fsp3) is 0.250. The highest BCUT2D eigenvalue weighted by Crippen LogP contribution is 2.51. The third-order valence-electron chi connectivity index (χ3n) is 7.33. The Hall–Kier alpha value is -4.53. The van der Waals surface area contributed by atoms with Gasteiger partial charge in [-0.3, -0.25) is 4.79 Å². The van der Waals surface area contributed by atoms with E-state index in [0.29, 0.717) is 28.9 Å². The third kappa shape index (κ3) is 3.92. The minimum Gasteiger partial charge on any atom is -0.424 e. The Morgan fingerprint density at radius 1 is 1.11 bits per heavy atom. The molecule has 0 unspecified atom stereocenters. The molecule has 1 saturated carbocycles. The summed E-state index contributed by atoms with van der Waals surface area (Å²) in [5.41, 5.74) is 10.9. The number of amides is 1. The van der Waals surface area contributed by atoms with Crippen LogP contribution in [-0.2, 0) is 12.0 Å². The van der Waals surface area contributed by atoms with Gasteiger partial charge in [-0.15, -0.1) is 10.2 Å². The molecule has 3 heterocycles. The molecule has 0 radical (unpaired) electrons. The predicted molar refractivity (Wildman–Crippen MR) is 140 cm³/mol. The number of hydrogen-bond acceptors (Lipinski definition) is 7. The number of anilines is 1. The SMILES string of the molecule is Cc1nnc(CN(C)C(=O)c2cccc3c(C4(c5cnc(-c6ccc(N)cc6)nc5)CCC4)c[nH]c23)o1. The second-order valence-corrected chi connectivity index (χ2v) is 9.66. The van der Waals surface area contributed by atoms with Gasteiger partial charge in [-0.25, -0.2) is 9.97 Å². The maximum Gasteiger partial charge on any atom is 0.256 e. The van der Waals surface area contributed by atoms with Gasteiger partial charge < -0.3 is 20.0 Å². The van der Waals surface area contributed by atoms with Crippen LogP contribution in [0.2, 0.25) is 0 Å². The Balaban J connectivity index is 1.32. The van der Waals surface area contributed by atoms with Gasteiger partial charge in [-0.05, 0) is 54.3 Å². The van der Waals surface area contributed by atoms with Gasteiger partial charge in [-0.1, -0.05) is 18.6 Å². The summed E-state index contributed by atoms with van der Waals surface area (Å²) in [6.07, 6.45) is 9.03. The molecule has 0 spiro atoms. The van der Waals surface area contributed by atoms with Gasteiger partial charge in [0.1, 0.15) is 0 Å². The molecule has 6 rings (SSSR count). The molecule has 0 atom stereocenters. The van der Waals surface area contributed by atoms with E-state index < -0.39 is 0 Å². The highest BCUT2D eigenvalue weighted by molar-refractivity contribution is 6.06. The second kappa shape index (κ2) is 8.85. The summed E-state index contributed by atoms with van der Waals surface area (Å²) in [5, 5.41) is 8.89. The lowest BCUT2D eigenvalue weighted by molar-refractivity contribution is 0.0774. The molecular weight excluding hydrogens is 466 g/mol. The van der Waals surface area contributed by atoms with E-state index in [9.17, 15) is 4.79 Å². The number of carbonyl (C=O) groups excluding carboxylic acids is 1. The summed E-state index contributed by atoms with van der Waals surface area (Å²) in [6.45, 7) is 1.97. The van der Waals surface area contributed by atoms with Crippen LogP contribution in [0.15, 0.2) is 65.5 Å². The summed E-state index contributed by atoms with van der Waals surface area (Å²) in [4.78, 5) is 27.7. The van der Waals surface area contributed by atoms with E-state index >= 15 is 0 Å². The molecule has 37 heavy (non-hydrogen) atoms. The van der Waals surface area contributed by atoms with Gasteiger partial charge in [-0.2, -0.15) is 0 Å². The van der Waals surface area contributed by atoms with E-state index in [1.54, 1.807) is 18.9 Å². The van der Waals surface area contributed by atoms with Crippen LogP contribution in [0.5, 0.6) is 0 Å².